The fraction of sp³-hybridized carbons (Fsp3) is 0.462. The number of ether oxygens (including phenoxy) is 1. The Bertz CT molecular complexity index is 377. The summed E-state index contributed by atoms with van der Waals surface area (Å²) < 4.78 is 5.01. The molecule has 0 amide bonds. The Morgan fingerprint density at radius 2 is 2.24 bits per heavy atom. The van der Waals surface area contributed by atoms with E-state index < -0.39 is 0 Å². The lowest BCUT2D eigenvalue weighted by molar-refractivity contribution is 0.0525. The van der Waals surface area contributed by atoms with Crippen LogP contribution in [0.2, 0.25) is 0 Å². The summed E-state index contributed by atoms with van der Waals surface area (Å²) in [6, 6.07) is 5.35. The van der Waals surface area contributed by atoms with Gasteiger partial charge in [0.1, 0.15) is 0 Å². The molecule has 0 heterocycles. The lowest BCUT2D eigenvalue weighted by Gasteiger charge is -2.10. The molecule has 17 heavy (non-hydrogen) atoms. The molecule has 0 aromatic heterocycles. The van der Waals surface area contributed by atoms with Crippen LogP contribution in [0.25, 0.3) is 0 Å². The van der Waals surface area contributed by atoms with Crippen LogP contribution >= 0.6 is 15.9 Å². The van der Waals surface area contributed by atoms with Crippen molar-refractivity contribution in [3.05, 3.63) is 34.9 Å². The molecular weight excluding hydrogens is 284 g/mol. The van der Waals surface area contributed by atoms with E-state index >= 15 is 0 Å². The van der Waals surface area contributed by atoms with E-state index in [0.29, 0.717) is 12.2 Å². The summed E-state index contributed by atoms with van der Waals surface area (Å²) in [4.78, 5) is 11.7. The zero-order valence-corrected chi connectivity index (χ0v) is 11.5. The number of aliphatic hydroxyl groups excluding tert-OH is 1. The predicted molar refractivity (Wildman–Crippen MR) is 70.4 cm³/mol. The van der Waals surface area contributed by atoms with Gasteiger partial charge < -0.3 is 9.84 Å². The van der Waals surface area contributed by atoms with Crippen LogP contribution in [0, 0.1) is 0 Å². The second kappa shape index (κ2) is 7.45. The first-order valence-corrected chi connectivity index (χ1v) is 6.80. The van der Waals surface area contributed by atoms with Gasteiger partial charge in [-0.2, -0.15) is 0 Å². The first-order chi connectivity index (χ1) is 8.22. The number of alkyl halides is 1. The standard InChI is InChI=1S/C13H17BrO3/c1-2-17-13(16)12-6-5-10(9-15)8-11(12)4-3-7-14/h5-6,8,15H,2-4,7,9H2,1H3. The average molecular weight is 301 g/mol. The van der Waals surface area contributed by atoms with Crippen molar-refractivity contribution in [3.8, 4) is 0 Å². The van der Waals surface area contributed by atoms with Crippen LogP contribution in [0.1, 0.15) is 34.8 Å². The second-order valence-corrected chi connectivity index (χ2v) is 4.46. The highest BCUT2D eigenvalue weighted by atomic mass is 79.9. The molecule has 0 saturated heterocycles. The topological polar surface area (TPSA) is 46.5 Å². The van der Waals surface area contributed by atoms with Gasteiger partial charge in [0.25, 0.3) is 0 Å². The number of rotatable bonds is 6. The van der Waals surface area contributed by atoms with Crippen molar-refractivity contribution in [2.45, 2.75) is 26.4 Å². The molecule has 0 aliphatic rings. The van der Waals surface area contributed by atoms with Gasteiger partial charge in [0.2, 0.25) is 0 Å². The molecule has 0 aliphatic heterocycles. The Labute approximate surface area is 110 Å². The van der Waals surface area contributed by atoms with Gasteiger partial charge >= 0.3 is 5.97 Å². The molecule has 94 valence electrons. The van der Waals surface area contributed by atoms with Gasteiger partial charge in [-0.3, -0.25) is 0 Å². The van der Waals surface area contributed by atoms with Crippen LogP contribution in [0.4, 0.5) is 0 Å². The first kappa shape index (κ1) is 14.2. The summed E-state index contributed by atoms with van der Waals surface area (Å²) in [5, 5.41) is 9.98. The molecule has 3 nitrogen and oxygen atoms in total. The van der Waals surface area contributed by atoms with Gasteiger partial charge in [-0.15, -0.1) is 0 Å². The van der Waals surface area contributed by atoms with Crippen molar-refractivity contribution in [1.29, 1.82) is 0 Å². The molecule has 0 spiro atoms. The average Bonchev–Trinajstić information content (AvgIpc) is 2.36. The summed E-state index contributed by atoms with van der Waals surface area (Å²) in [5.74, 6) is -0.290. The molecule has 1 aromatic carbocycles. The van der Waals surface area contributed by atoms with Crippen LogP contribution in [0.15, 0.2) is 18.2 Å². The van der Waals surface area contributed by atoms with Crippen molar-refractivity contribution in [2.75, 3.05) is 11.9 Å². The normalized spacial score (nSPS) is 10.3. The summed E-state index contributed by atoms with van der Waals surface area (Å²) in [6.07, 6.45) is 1.74. The van der Waals surface area contributed by atoms with Gasteiger partial charge in [-0.25, -0.2) is 4.79 Å². The summed E-state index contributed by atoms with van der Waals surface area (Å²) >= 11 is 3.37. The van der Waals surface area contributed by atoms with E-state index in [0.717, 1.165) is 29.3 Å². The molecule has 4 heteroatoms. The number of aliphatic hydroxyl groups is 1. The fourth-order valence-corrected chi connectivity index (χ4v) is 1.90. The number of carbonyl (C=O) groups excluding carboxylic acids is 1. The van der Waals surface area contributed by atoms with E-state index in [9.17, 15) is 4.79 Å². The van der Waals surface area contributed by atoms with Gasteiger partial charge in [0.05, 0.1) is 18.8 Å². The molecule has 1 N–H and O–H groups in total. The number of carbonyl (C=O) groups is 1. The third kappa shape index (κ3) is 4.13. The molecule has 0 atom stereocenters. The number of benzene rings is 1. The molecule has 0 bridgehead atoms. The fourth-order valence-electron chi connectivity index (χ4n) is 1.62. The summed E-state index contributed by atoms with van der Waals surface area (Å²) in [7, 11) is 0. The van der Waals surface area contributed by atoms with Crippen molar-refractivity contribution in [3.63, 3.8) is 0 Å². The maximum atomic E-state index is 11.7. The molecular formula is C13H17BrO3. The molecule has 1 aromatic rings. The van der Waals surface area contributed by atoms with Crippen LogP contribution in [0.3, 0.4) is 0 Å². The predicted octanol–water partition coefficient (Wildman–Crippen LogP) is 2.68. The third-order valence-corrected chi connectivity index (χ3v) is 2.99. The molecule has 0 unspecified atom stereocenters. The zero-order chi connectivity index (χ0) is 12.7. The van der Waals surface area contributed by atoms with E-state index in [-0.39, 0.29) is 12.6 Å². The minimum Gasteiger partial charge on any atom is -0.462 e. The van der Waals surface area contributed by atoms with Crippen LogP contribution in [-0.2, 0) is 17.8 Å². The number of aryl methyl sites for hydroxylation is 1. The Kier molecular flexibility index (Phi) is 6.22. The molecule has 0 aliphatic carbocycles. The second-order valence-electron chi connectivity index (χ2n) is 3.66. The highest BCUT2D eigenvalue weighted by Gasteiger charge is 2.12. The quantitative estimate of drug-likeness (QED) is 0.649. The van der Waals surface area contributed by atoms with Crippen molar-refractivity contribution in [1.82, 2.24) is 0 Å². The Hall–Kier alpha value is -0.870. The molecule has 1 rings (SSSR count). The van der Waals surface area contributed by atoms with E-state index in [1.165, 1.54) is 0 Å². The summed E-state index contributed by atoms with van der Waals surface area (Å²) in [6.45, 7) is 2.15. The van der Waals surface area contributed by atoms with E-state index in [1.54, 1.807) is 19.1 Å². The first-order valence-electron chi connectivity index (χ1n) is 5.68. The minimum atomic E-state index is -0.290. The maximum absolute atomic E-state index is 11.7. The SMILES string of the molecule is CCOC(=O)c1ccc(CO)cc1CCCBr. The van der Waals surface area contributed by atoms with Crippen LogP contribution < -0.4 is 0 Å². The van der Waals surface area contributed by atoms with Crippen molar-refractivity contribution >= 4 is 21.9 Å². The van der Waals surface area contributed by atoms with E-state index in [4.69, 9.17) is 9.84 Å². The van der Waals surface area contributed by atoms with Crippen LogP contribution in [0.5, 0.6) is 0 Å². The van der Waals surface area contributed by atoms with Crippen molar-refractivity contribution in [2.24, 2.45) is 0 Å². The van der Waals surface area contributed by atoms with Gasteiger partial charge in [0, 0.05) is 5.33 Å². The number of halogens is 1. The smallest absolute Gasteiger partial charge is 0.338 e. The monoisotopic (exact) mass is 300 g/mol. The number of esters is 1. The van der Waals surface area contributed by atoms with Gasteiger partial charge in [0.15, 0.2) is 0 Å². The highest BCUT2D eigenvalue weighted by Crippen LogP contribution is 2.16. The van der Waals surface area contributed by atoms with Gasteiger partial charge in [-0.05, 0) is 37.0 Å². The zero-order valence-electron chi connectivity index (χ0n) is 9.91. The molecule has 0 radical (unpaired) electrons. The lowest BCUT2D eigenvalue weighted by Crippen LogP contribution is -2.09. The largest absolute Gasteiger partial charge is 0.462 e. The number of hydrogen-bond acceptors (Lipinski definition) is 3. The van der Waals surface area contributed by atoms with Crippen LogP contribution in [-0.4, -0.2) is 23.0 Å². The van der Waals surface area contributed by atoms with E-state index in [1.807, 2.05) is 6.07 Å². The molecule has 0 saturated carbocycles. The third-order valence-electron chi connectivity index (χ3n) is 2.43. The highest BCUT2D eigenvalue weighted by molar-refractivity contribution is 9.09. The Morgan fingerprint density at radius 1 is 1.47 bits per heavy atom. The minimum absolute atomic E-state index is 0.00951. The maximum Gasteiger partial charge on any atom is 0.338 e. The molecule has 0 fully saturated rings. The van der Waals surface area contributed by atoms with Crippen molar-refractivity contribution < 1.29 is 14.6 Å². The van der Waals surface area contributed by atoms with Gasteiger partial charge in [-0.1, -0.05) is 28.1 Å². The van der Waals surface area contributed by atoms with E-state index in [2.05, 4.69) is 15.9 Å². The Balaban J connectivity index is 2.97. The number of hydrogen-bond donors (Lipinski definition) is 1. The Morgan fingerprint density at radius 3 is 2.82 bits per heavy atom. The summed E-state index contributed by atoms with van der Waals surface area (Å²) in [5.41, 5.74) is 2.36. The lowest BCUT2D eigenvalue weighted by atomic mass is 10.0.